The molecule has 1 rings (SSSR count). The summed E-state index contributed by atoms with van der Waals surface area (Å²) in [6.45, 7) is 5.96. The first-order valence-electron chi connectivity index (χ1n) is 8.50. The van der Waals surface area contributed by atoms with Crippen molar-refractivity contribution >= 4 is 5.96 Å². The SMILES string of the molecule is CCCCN(C)CCNC(=NC)NCC(CO)c1ccccc1. The summed E-state index contributed by atoms with van der Waals surface area (Å²) in [7, 11) is 3.91. The van der Waals surface area contributed by atoms with Gasteiger partial charge in [-0.2, -0.15) is 0 Å². The molecule has 0 aliphatic carbocycles. The van der Waals surface area contributed by atoms with Crippen LogP contribution >= 0.6 is 0 Å². The van der Waals surface area contributed by atoms with E-state index in [4.69, 9.17) is 0 Å². The highest BCUT2D eigenvalue weighted by Gasteiger charge is 2.10. The highest BCUT2D eigenvalue weighted by molar-refractivity contribution is 5.79. The van der Waals surface area contributed by atoms with Gasteiger partial charge in [0, 0.05) is 32.6 Å². The molecule has 5 nitrogen and oxygen atoms in total. The maximum Gasteiger partial charge on any atom is 0.191 e. The minimum absolute atomic E-state index is 0.0713. The Morgan fingerprint density at radius 3 is 2.57 bits per heavy atom. The predicted molar refractivity (Wildman–Crippen MR) is 98.0 cm³/mol. The summed E-state index contributed by atoms with van der Waals surface area (Å²) < 4.78 is 0. The van der Waals surface area contributed by atoms with Gasteiger partial charge < -0.3 is 20.6 Å². The third-order valence-electron chi connectivity index (χ3n) is 3.91. The van der Waals surface area contributed by atoms with E-state index in [-0.39, 0.29) is 12.5 Å². The summed E-state index contributed by atoms with van der Waals surface area (Å²) in [5, 5.41) is 16.2. The lowest BCUT2D eigenvalue weighted by Crippen LogP contribution is -2.42. The topological polar surface area (TPSA) is 59.9 Å². The predicted octanol–water partition coefficient (Wildman–Crippen LogP) is 1.66. The molecule has 1 aromatic rings. The zero-order chi connectivity index (χ0) is 16.9. The van der Waals surface area contributed by atoms with Gasteiger partial charge in [-0.25, -0.2) is 0 Å². The van der Waals surface area contributed by atoms with Crippen molar-refractivity contribution in [3.05, 3.63) is 35.9 Å². The smallest absolute Gasteiger partial charge is 0.191 e. The van der Waals surface area contributed by atoms with Crippen LogP contribution in [0.4, 0.5) is 0 Å². The second-order valence-electron chi connectivity index (χ2n) is 5.83. The van der Waals surface area contributed by atoms with E-state index in [1.54, 1.807) is 7.05 Å². The van der Waals surface area contributed by atoms with E-state index >= 15 is 0 Å². The number of nitrogens with one attached hydrogen (secondary N) is 2. The summed E-state index contributed by atoms with van der Waals surface area (Å²) in [6.07, 6.45) is 2.46. The Kier molecular flexibility index (Phi) is 10.1. The van der Waals surface area contributed by atoms with Gasteiger partial charge in [-0.1, -0.05) is 43.7 Å². The maximum atomic E-state index is 9.59. The highest BCUT2D eigenvalue weighted by atomic mass is 16.3. The van der Waals surface area contributed by atoms with Crippen molar-refractivity contribution in [1.29, 1.82) is 0 Å². The minimum atomic E-state index is 0.0713. The molecule has 5 heteroatoms. The van der Waals surface area contributed by atoms with Crippen molar-refractivity contribution in [2.24, 2.45) is 4.99 Å². The summed E-state index contributed by atoms with van der Waals surface area (Å²) in [6, 6.07) is 10.1. The van der Waals surface area contributed by atoms with Gasteiger partial charge in [-0.15, -0.1) is 0 Å². The van der Waals surface area contributed by atoms with Crippen LogP contribution in [0.25, 0.3) is 0 Å². The second-order valence-corrected chi connectivity index (χ2v) is 5.83. The first-order chi connectivity index (χ1) is 11.2. The molecule has 130 valence electrons. The Balaban J connectivity index is 2.33. The van der Waals surface area contributed by atoms with Crippen LogP contribution in [0.1, 0.15) is 31.2 Å². The van der Waals surface area contributed by atoms with Crippen LogP contribution in [0.3, 0.4) is 0 Å². The molecule has 0 saturated heterocycles. The van der Waals surface area contributed by atoms with Crippen LogP contribution in [0, 0.1) is 0 Å². The molecule has 0 amide bonds. The number of hydrogen-bond donors (Lipinski definition) is 3. The second kappa shape index (κ2) is 11.9. The molecule has 0 fully saturated rings. The van der Waals surface area contributed by atoms with Crippen LogP contribution < -0.4 is 10.6 Å². The van der Waals surface area contributed by atoms with Gasteiger partial charge in [-0.3, -0.25) is 4.99 Å². The summed E-state index contributed by atoms with van der Waals surface area (Å²) in [5.74, 6) is 0.852. The molecule has 0 aliphatic rings. The molecule has 3 N–H and O–H groups in total. The number of guanidine groups is 1. The zero-order valence-corrected chi connectivity index (χ0v) is 14.8. The maximum absolute atomic E-state index is 9.59. The van der Waals surface area contributed by atoms with Gasteiger partial charge in [0.25, 0.3) is 0 Å². The molecule has 0 bridgehead atoms. The van der Waals surface area contributed by atoms with Crippen LogP contribution in [0.5, 0.6) is 0 Å². The Morgan fingerprint density at radius 1 is 1.22 bits per heavy atom. The molecule has 0 radical (unpaired) electrons. The Morgan fingerprint density at radius 2 is 1.96 bits per heavy atom. The van der Waals surface area contributed by atoms with E-state index in [0.717, 1.165) is 31.2 Å². The standard InChI is InChI=1S/C18H32N4O/c1-4-5-12-22(3)13-11-20-18(19-2)21-14-17(15-23)16-9-7-6-8-10-16/h6-10,17,23H,4-5,11-15H2,1-3H3,(H2,19,20,21). The lowest BCUT2D eigenvalue weighted by Gasteiger charge is -2.20. The van der Waals surface area contributed by atoms with Crippen LogP contribution in [-0.2, 0) is 0 Å². The Labute approximate surface area is 140 Å². The highest BCUT2D eigenvalue weighted by Crippen LogP contribution is 2.13. The number of unbranched alkanes of at least 4 members (excludes halogenated alkanes) is 1. The summed E-state index contributed by atoms with van der Waals surface area (Å²) in [5.41, 5.74) is 1.14. The van der Waals surface area contributed by atoms with Gasteiger partial charge in [0.1, 0.15) is 0 Å². The molecule has 0 spiro atoms. The number of aliphatic imine (C=N–C) groups is 1. The van der Waals surface area contributed by atoms with Gasteiger partial charge in [0.15, 0.2) is 5.96 Å². The average Bonchev–Trinajstić information content (AvgIpc) is 2.59. The molecule has 0 aliphatic heterocycles. The van der Waals surface area contributed by atoms with Crippen molar-refractivity contribution in [3.63, 3.8) is 0 Å². The molecule has 0 saturated carbocycles. The van der Waals surface area contributed by atoms with Gasteiger partial charge >= 0.3 is 0 Å². The first kappa shape index (κ1) is 19.5. The fraction of sp³-hybridized carbons (Fsp3) is 0.611. The lowest BCUT2D eigenvalue weighted by molar-refractivity contribution is 0.265. The van der Waals surface area contributed by atoms with Crippen molar-refractivity contribution in [3.8, 4) is 0 Å². The molecule has 1 unspecified atom stereocenters. The molecular formula is C18H32N4O. The number of aliphatic hydroxyl groups excluding tert-OH is 1. The van der Waals surface area contributed by atoms with E-state index in [0.29, 0.717) is 6.54 Å². The fourth-order valence-corrected chi connectivity index (χ4v) is 2.36. The molecule has 0 aromatic heterocycles. The van der Waals surface area contributed by atoms with E-state index < -0.39 is 0 Å². The van der Waals surface area contributed by atoms with Gasteiger partial charge in [0.2, 0.25) is 0 Å². The van der Waals surface area contributed by atoms with Crippen LogP contribution in [0.15, 0.2) is 35.3 Å². The third kappa shape index (κ3) is 8.00. The molecule has 23 heavy (non-hydrogen) atoms. The minimum Gasteiger partial charge on any atom is -0.396 e. The van der Waals surface area contributed by atoms with Crippen LogP contribution in [0.2, 0.25) is 0 Å². The zero-order valence-electron chi connectivity index (χ0n) is 14.8. The number of hydrogen-bond acceptors (Lipinski definition) is 3. The molecule has 0 heterocycles. The normalized spacial score (nSPS) is 13.2. The quantitative estimate of drug-likeness (QED) is 0.453. The monoisotopic (exact) mass is 320 g/mol. The summed E-state index contributed by atoms with van der Waals surface area (Å²) >= 11 is 0. The largest absolute Gasteiger partial charge is 0.396 e. The van der Waals surface area contributed by atoms with E-state index in [9.17, 15) is 5.11 Å². The molecule has 1 aromatic carbocycles. The lowest BCUT2D eigenvalue weighted by atomic mass is 10.0. The third-order valence-corrected chi connectivity index (χ3v) is 3.91. The van der Waals surface area contributed by atoms with Crippen molar-refractivity contribution in [2.45, 2.75) is 25.7 Å². The fourth-order valence-electron chi connectivity index (χ4n) is 2.36. The van der Waals surface area contributed by atoms with E-state index in [2.05, 4.69) is 34.5 Å². The van der Waals surface area contributed by atoms with Crippen molar-refractivity contribution in [1.82, 2.24) is 15.5 Å². The van der Waals surface area contributed by atoms with E-state index in [1.807, 2.05) is 30.3 Å². The first-order valence-corrected chi connectivity index (χ1v) is 8.50. The Bertz CT molecular complexity index is 436. The number of rotatable bonds is 10. The number of benzene rings is 1. The Hall–Kier alpha value is -1.59. The number of likely N-dealkylation sites (N-methyl/N-ethyl adjacent to an activating group) is 1. The summed E-state index contributed by atoms with van der Waals surface area (Å²) in [4.78, 5) is 6.56. The number of aliphatic hydroxyl groups is 1. The van der Waals surface area contributed by atoms with E-state index in [1.165, 1.54) is 12.8 Å². The molecular weight excluding hydrogens is 288 g/mol. The number of nitrogens with zero attached hydrogens (tertiary/aromatic N) is 2. The van der Waals surface area contributed by atoms with Crippen molar-refractivity contribution in [2.75, 3.05) is 46.9 Å². The average molecular weight is 320 g/mol. The van der Waals surface area contributed by atoms with Crippen molar-refractivity contribution < 1.29 is 5.11 Å². The van der Waals surface area contributed by atoms with Gasteiger partial charge in [-0.05, 0) is 25.6 Å². The van der Waals surface area contributed by atoms with Crippen LogP contribution in [-0.4, -0.2) is 62.8 Å². The van der Waals surface area contributed by atoms with Gasteiger partial charge in [0.05, 0.1) is 6.61 Å². The molecule has 1 atom stereocenters.